The third-order valence-corrected chi connectivity index (χ3v) is 11.4. The molecule has 0 bridgehead atoms. The minimum absolute atomic E-state index is 0.557. The Kier molecular flexibility index (Phi) is 5.64. The van der Waals surface area contributed by atoms with E-state index in [1.165, 1.54) is 60.8 Å². The Morgan fingerprint density at radius 3 is 1.86 bits per heavy atom. The van der Waals surface area contributed by atoms with Gasteiger partial charge in [0.1, 0.15) is 11.2 Å². The van der Waals surface area contributed by atoms with Crippen LogP contribution in [0, 0.1) is 0 Å². The van der Waals surface area contributed by atoms with Crippen molar-refractivity contribution in [1.82, 2.24) is 4.57 Å². The number of fused-ring (bicyclic) bond motifs is 14. The van der Waals surface area contributed by atoms with Crippen LogP contribution in [-0.4, -0.2) is 4.57 Å². The van der Waals surface area contributed by atoms with Gasteiger partial charge in [-0.2, -0.15) is 0 Å². The van der Waals surface area contributed by atoms with Crippen molar-refractivity contribution in [3.8, 4) is 27.9 Å². The Morgan fingerprint density at radius 2 is 1.12 bits per heavy atom. The molecule has 51 heavy (non-hydrogen) atoms. The highest BCUT2D eigenvalue weighted by atomic mass is 16.3. The van der Waals surface area contributed by atoms with Gasteiger partial charge in [0.25, 0.3) is 0 Å². The lowest BCUT2D eigenvalue weighted by Gasteiger charge is -2.31. The van der Waals surface area contributed by atoms with Crippen molar-refractivity contribution in [2.45, 2.75) is 5.41 Å². The van der Waals surface area contributed by atoms with Crippen molar-refractivity contribution in [3.63, 3.8) is 0 Å². The van der Waals surface area contributed by atoms with Gasteiger partial charge in [-0.1, -0.05) is 147 Å². The first-order valence-corrected chi connectivity index (χ1v) is 17.5. The first-order valence-electron chi connectivity index (χ1n) is 17.5. The molecule has 0 fully saturated rings. The number of aromatic nitrogens is 1. The van der Waals surface area contributed by atoms with Gasteiger partial charge in [-0.15, -0.1) is 0 Å². The highest BCUT2D eigenvalue weighted by molar-refractivity contribution is 6.13. The second-order valence-electron chi connectivity index (χ2n) is 13.6. The summed E-state index contributed by atoms with van der Waals surface area (Å²) in [5, 5.41) is 4.77. The summed E-state index contributed by atoms with van der Waals surface area (Å²) in [6, 6.07) is 55.0. The molecule has 0 N–H and O–H groups in total. The number of nitrogens with zero attached hydrogens (tertiary/aromatic N) is 1. The number of furan rings is 1. The molecule has 0 amide bonds. The molecule has 238 valence electrons. The molecule has 1 unspecified atom stereocenters. The molecule has 2 aliphatic rings. The normalized spacial score (nSPS) is 16.0. The topological polar surface area (TPSA) is 18.1 Å². The van der Waals surface area contributed by atoms with Crippen LogP contribution in [0.5, 0.6) is 0 Å². The summed E-state index contributed by atoms with van der Waals surface area (Å²) in [6.45, 7) is 8.78. The molecule has 2 heterocycles. The Hall–Kier alpha value is -6.64. The third-order valence-electron chi connectivity index (χ3n) is 11.4. The zero-order valence-electron chi connectivity index (χ0n) is 27.9. The molecule has 2 nitrogen and oxygen atoms in total. The van der Waals surface area contributed by atoms with E-state index < -0.39 is 5.41 Å². The summed E-state index contributed by atoms with van der Waals surface area (Å²) in [6.07, 6.45) is 4.04. The van der Waals surface area contributed by atoms with Crippen molar-refractivity contribution in [1.29, 1.82) is 0 Å². The molecule has 11 rings (SSSR count). The van der Waals surface area contributed by atoms with E-state index in [-0.39, 0.29) is 0 Å². The van der Waals surface area contributed by atoms with Gasteiger partial charge < -0.3 is 8.98 Å². The highest BCUT2D eigenvalue weighted by Crippen LogP contribution is 2.64. The maximum atomic E-state index is 6.67. The highest BCUT2D eigenvalue weighted by Gasteiger charge is 2.53. The Labute approximate surface area is 295 Å². The van der Waals surface area contributed by atoms with Gasteiger partial charge >= 0.3 is 0 Å². The number of hydrogen-bond acceptors (Lipinski definition) is 1. The standard InChI is InChI=1S/C49H31NO/c1-3-32-39(4-2)49(42-29-28-37-36-16-8-12-23-45(36)51-48(37)47(32)42)40-19-9-5-17-38(40)46-33(18-13-20-41(46)49)30-24-26-31(27-25-30)50-43-21-10-6-14-34(43)35-15-7-11-22-44(35)50/h3-29H,1-2H2. The molecule has 0 saturated heterocycles. The van der Waals surface area contributed by atoms with Gasteiger partial charge in [0, 0.05) is 32.8 Å². The average Bonchev–Trinajstić information content (AvgIpc) is 3.91. The quantitative estimate of drug-likeness (QED) is 0.186. The summed E-state index contributed by atoms with van der Waals surface area (Å²) in [7, 11) is 0. The number of para-hydroxylation sites is 3. The molecule has 9 aromatic rings. The van der Waals surface area contributed by atoms with Gasteiger partial charge in [-0.25, -0.2) is 0 Å². The van der Waals surface area contributed by atoms with Crippen LogP contribution in [0.25, 0.3) is 77.3 Å². The summed E-state index contributed by atoms with van der Waals surface area (Å²) in [5.41, 5.74) is 16.8. The van der Waals surface area contributed by atoms with E-state index >= 15 is 0 Å². The lowest BCUT2D eigenvalue weighted by molar-refractivity contribution is 0.666. The first kappa shape index (κ1) is 28.2. The monoisotopic (exact) mass is 649 g/mol. The third kappa shape index (κ3) is 3.46. The van der Waals surface area contributed by atoms with Crippen molar-refractivity contribution in [3.05, 3.63) is 205 Å². The fourth-order valence-electron chi connectivity index (χ4n) is 9.47. The average molecular weight is 650 g/mol. The molecule has 0 radical (unpaired) electrons. The SMILES string of the molecule is C=CC1=C(C=C)C2(c3ccccc3-c3c(-c4ccc(-n5c6ccccc6c6ccccc65)cc4)cccc32)c2ccc3c(oc4ccccc43)c21. The van der Waals surface area contributed by atoms with Gasteiger partial charge in [0.2, 0.25) is 0 Å². The number of hydrogen-bond donors (Lipinski definition) is 0. The van der Waals surface area contributed by atoms with Gasteiger partial charge in [0.05, 0.1) is 16.4 Å². The van der Waals surface area contributed by atoms with E-state index in [1.807, 2.05) is 18.2 Å². The van der Waals surface area contributed by atoms with E-state index in [1.54, 1.807) is 0 Å². The predicted octanol–water partition coefficient (Wildman–Crippen LogP) is 12.8. The summed E-state index contributed by atoms with van der Waals surface area (Å²) >= 11 is 0. The minimum atomic E-state index is -0.557. The maximum Gasteiger partial charge on any atom is 0.143 e. The number of benzene rings is 7. The molecule has 2 aliphatic carbocycles. The van der Waals surface area contributed by atoms with Crippen LogP contribution >= 0.6 is 0 Å². The van der Waals surface area contributed by atoms with Gasteiger partial charge in [-0.05, 0) is 80.4 Å². The number of allylic oxidation sites excluding steroid dienone is 4. The Morgan fingerprint density at radius 1 is 0.490 bits per heavy atom. The summed E-state index contributed by atoms with van der Waals surface area (Å²) < 4.78 is 9.04. The zero-order chi connectivity index (χ0) is 33.8. The lowest BCUT2D eigenvalue weighted by atomic mass is 9.69. The molecule has 0 saturated carbocycles. The first-order chi connectivity index (χ1) is 25.2. The van der Waals surface area contributed by atoms with Gasteiger partial charge in [0.15, 0.2) is 0 Å². The van der Waals surface area contributed by atoms with Crippen molar-refractivity contribution >= 4 is 49.3 Å². The lowest BCUT2D eigenvalue weighted by Crippen LogP contribution is -2.26. The van der Waals surface area contributed by atoms with Crippen LogP contribution in [0.4, 0.5) is 0 Å². The van der Waals surface area contributed by atoms with Crippen LogP contribution in [0.2, 0.25) is 0 Å². The van der Waals surface area contributed by atoms with E-state index in [0.29, 0.717) is 0 Å². The molecule has 1 spiro atoms. The second-order valence-corrected chi connectivity index (χ2v) is 13.6. The largest absolute Gasteiger partial charge is 0.455 e. The van der Waals surface area contributed by atoms with Gasteiger partial charge in [-0.3, -0.25) is 0 Å². The Bertz CT molecular complexity index is 2950. The molecule has 0 aliphatic heterocycles. The van der Waals surface area contributed by atoms with Crippen LogP contribution in [0.3, 0.4) is 0 Å². The smallest absolute Gasteiger partial charge is 0.143 e. The summed E-state index contributed by atoms with van der Waals surface area (Å²) in [5.74, 6) is 0. The fourth-order valence-corrected chi connectivity index (χ4v) is 9.47. The molecular weight excluding hydrogens is 619 g/mol. The zero-order valence-corrected chi connectivity index (χ0v) is 27.9. The van der Waals surface area contributed by atoms with E-state index in [4.69, 9.17) is 4.42 Å². The van der Waals surface area contributed by atoms with Crippen LogP contribution < -0.4 is 0 Å². The molecular formula is C49H31NO. The van der Waals surface area contributed by atoms with Crippen LogP contribution in [0.1, 0.15) is 22.3 Å². The minimum Gasteiger partial charge on any atom is -0.455 e. The van der Waals surface area contributed by atoms with Crippen molar-refractivity contribution in [2.24, 2.45) is 0 Å². The fraction of sp³-hybridized carbons (Fsp3) is 0.0204. The Balaban J connectivity index is 1.15. The number of rotatable bonds is 4. The van der Waals surface area contributed by atoms with Crippen molar-refractivity contribution < 1.29 is 4.42 Å². The second kappa shape index (κ2) is 10.2. The molecule has 2 heteroatoms. The van der Waals surface area contributed by atoms with E-state index in [2.05, 4.69) is 163 Å². The predicted molar refractivity (Wildman–Crippen MR) is 213 cm³/mol. The molecule has 1 atom stereocenters. The molecule has 2 aromatic heterocycles. The molecule has 7 aromatic carbocycles. The van der Waals surface area contributed by atoms with Crippen LogP contribution in [-0.2, 0) is 5.41 Å². The van der Waals surface area contributed by atoms with E-state index in [0.717, 1.165) is 44.3 Å². The van der Waals surface area contributed by atoms with Crippen molar-refractivity contribution in [2.75, 3.05) is 0 Å². The van der Waals surface area contributed by atoms with E-state index in [9.17, 15) is 0 Å². The summed E-state index contributed by atoms with van der Waals surface area (Å²) in [4.78, 5) is 0. The van der Waals surface area contributed by atoms with Crippen LogP contribution in [0.15, 0.2) is 187 Å². The maximum absolute atomic E-state index is 6.67.